The van der Waals surface area contributed by atoms with Crippen LogP contribution in [0.4, 0.5) is 13.2 Å². The molecule has 0 fully saturated rings. The van der Waals surface area contributed by atoms with E-state index in [0.29, 0.717) is 0 Å². The average Bonchev–Trinajstić information content (AvgIpc) is 2.81. The molecule has 0 saturated carbocycles. The van der Waals surface area contributed by atoms with Crippen molar-refractivity contribution in [3.63, 3.8) is 0 Å². The van der Waals surface area contributed by atoms with E-state index in [9.17, 15) is 21.6 Å². The zero-order valence-electron chi connectivity index (χ0n) is 13.3. The summed E-state index contributed by atoms with van der Waals surface area (Å²) in [4.78, 5) is 7.63. The van der Waals surface area contributed by atoms with Crippen molar-refractivity contribution in [3.8, 4) is 10.6 Å². The van der Waals surface area contributed by atoms with E-state index in [1.54, 1.807) is 0 Å². The smallest absolute Gasteiger partial charge is 0.241 e. The molecule has 0 aliphatic carbocycles. The third kappa shape index (κ3) is 4.29. The summed E-state index contributed by atoms with van der Waals surface area (Å²) in [6.07, 6.45) is -2.87. The number of rotatable bonds is 2. The van der Waals surface area contributed by atoms with Crippen molar-refractivity contribution < 1.29 is 21.6 Å². The molecule has 0 spiro atoms. The summed E-state index contributed by atoms with van der Waals surface area (Å²) in [6, 6.07) is 0. The highest BCUT2D eigenvalue weighted by molar-refractivity contribution is 7.90. The summed E-state index contributed by atoms with van der Waals surface area (Å²) in [5.41, 5.74) is -0.989. The van der Waals surface area contributed by atoms with Crippen LogP contribution in [0.25, 0.3) is 10.6 Å². The van der Waals surface area contributed by atoms with Crippen LogP contribution in [-0.2, 0) is 16.0 Å². The summed E-state index contributed by atoms with van der Waals surface area (Å²) in [6.45, 7) is 6.95. The van der Waals surface area contributed by atoms with Crippen LogP contribution in [0.2, 0.25) is 0 Å². The maximum absolute atomic E-state index is 13.0. The molecule has 9 heteroatoms. The molecule has 0 amide bonds. The number of nitrogens with zero attached hydrogens (tertiary/aromatic N) is 2. The minimum Gasteiger partial charge on any atom is -0.241 e. The van der Waals surface area contributed by atoms with Gasteiger partial charge in [-0.1, -0.05) is 13.8 Å². The van der Waals surface area contributed by atoms with Gasteiger partial charge in [0, 0.05) is 17.8 Å². The molecular weight excluding hydrogens is 349 g/mol. The van der Waals surface area contributed by atoms with Crippen molar-refractivity contribution in [1.29, 1.82) is 0 Å². The van der Waals surface area contributed by atoms with Gasteiger partial charge in [-0.15, -0.1) is 11.3 Å². The maximum Gasteiger partial charge on any atom is 0.420 e. The fraction of sp³-hybridized carbons (Fsp3) is 0.429. The van der Waals surface area contributed by atoms with Crippen molar-refractivity contribution in [1.82, 2.24) is 9.97 Å². The summed E-state index contributed by atoms with van der Waals surface area (Å²) in [5, 5.41) is 1.33. The Hall–Kier alpha value is -1.48. The van der Waals surface area contributed by atoms with Crippen LogP contribution in [0.1, 0.15) is 30.8 Å². The molecule has 23 heavy (non-hydrogen) atoms. The molecule has 2 aromatic heterocycles. The molecule has 0 saturated heterocycles. The minimum absolute atomic E-state index is 0.0203. The zero-order chi connectivity index (χ0) is 18.0. The second kappa shape index (κ2) is 6.96. The van der Waals surface area contributed by atoms with Gasteiger partial charge in [-0.25, -0.2) is 18.4 Å². The molecule has 0 radical (unpaired) electrons. The van der Waals surface area contributed by atoms with Gasteiger partial charge in [0.25, 0.3) is 0 Å². The Morgan fingerprint density at radius 1 is 1.17 bits per heavy atom. The van der Waals surface area contributed by atoms with E-state index in [1.165, 1.54) is 19.2 Å². The monoisotopic (exact) mass is 366 g/mol. The predicted octanol–water partition coefficient (Wildman–Crippen LogP) is 4.27. The van der Waals surface area contributed by atoms with Gasteiger partial charge in [0.2, 0.25) is 0 Å². The lowest BCUT2D eigenvalue weighted by Gasteiger charge is -2.11. The highest BCUT2D eigenvalue weighted by Crippen LogP contribution is 2.40. The number of hydrogen-bond acceptors (Lipinski definition) is 5. The van der Waals surface area contributed by atoms with E-state index in [0.717, 1.165) is 23.8 Å². The number of alkyl halides is 3. The van der Waals surface area contributed by atoms with Gasteiger partial charge < -0.3 is 0 Å². The first-order valence-corrected chi connectivity index (χ1v) is 9.48. The summed E-state index contributed by atoms with van der Waals surface area (Å²) in [7, 11) is -3.49. The quantitative estimate of drug-likeness (QED) is 0.796. The Balaban J connectivity index is 0.00000127. The Labute approximate surface area is 137 Å². The van der Waals surface area contributed by atoms with E-state index < -0.39 is 21.6 Å². The molecule has 2 aromatic rings. The molecule has 0 aliphatic rings. The fourth-order valence-corrected chi connectivity index (χ4v) is 4.37. The first-order valence-electron chi connectivity index (χ1n) is 6.71. The van der Waals surface area contributed by atoms with Gasteiger partial charge >= 0.3 is 6.18 Å². The Kier molecular flexibility index (Phi) is 5.92. The van der Waals surface area contributed by atoms with Crippen molar-refractivity contribution >= 4 is 21.2 Å². The van der Waals surface area contributed by atoms with Crippen LogP contribution in [-0.4, -0.2) is 24.6 Å². The lowest BCUT2D eigenvalue weighted by molar-refractivity contribution is -0.137. The normalized spacial score (nSPS) is 11.8. The van der Waals surface area contributed by atoms with Crippen LogP contribution >= 0.6 is 11.3 Å². The number of halogens is 3. The number of hydrogen-bond donors (Lipinski definition) is 0. The lowest BCUT2D eigenvalue weighted by Crippen LogP contribution is -2.10. The highest BCUT2D eigenvalue weighted by atomic mass is 32.2. The molecule has 0 bridgehead atoms. The number of sulfone groups is 1. The minimum atomic E-state index is -4.61. The van der Waals surface area contributed by atoms with Gasteiger partial charge in [0.1, 0.15) is 11.4 Å². The predicted molar refractivity (Wildman–Crippen MR) is 84.3 cm³/mol. The molecule has 2 heterocycles. The number of aromatic nitrogens is 2. The third-order valence-corrected chi connectivity index (χ3v) is 5.28. The molecule has 0 atom stereocenters. The summed E-state index contributed by atoms with van der Waals surface area (Å²) >= 11 is 0.926. The van der Waals surface area contributed by atoms with Crippen LogP contribution in [0.3, 0.4) is 0 Å². The van der Waals surface area contributed by atoms with Gasteiger partial charge in [-0.05, 0) is 19.4 Å². The van der Waals surface area contributed by atoms with Crippen LogP contribution in [0.15, 0.2) is 16.5 Å². The zero-order valence-corrected chi connectivity index (χ0v) is 14.9. The van der Waals surface area contributed by atoms with E-state index in [1.807, 2.05) is 13.8 Å². The van der Waals surface area contributed by atoms with Crippen molar-refractivity contribution in [3.05, 3.63) is 28.5 Å². The summed E-state index contributed by atoms with van der Waals surface area (Å²) < 4.78 is 62.3. The molecule has 0 unspecified atom stereocenters. The van der Waals surface area contributed by atoms with Crippen molar-refractivity contribution in [2.24, 2.45) is 0 Å². The summed E-state index contributed by atoms with van der Waals surface area (Å²) in [5.74, 6) is 0.187. The second-order valence-corrected chi connectivity index (χ2v) is 7.37. The molecular formula is C14H17F3N2O2S2. The molecule has 128 valence electrons. The first kappa shape index (κ1) is 19.6. The van der Waals surface area contributed by atoms with Crippen LogP contribution < -0.4 is 0 Å². The molecule has 2 rings (SSSR count). The van der Waals surface area contributed by atoms with E-state index in [2.05, 4.69) is 9.97 Å². The van der Waals surface area contributed by atoms with Crippen LogP contribution in [0, 0.1) is 13.8 Å². The number of thiophene rings is 1. The molecule has 4 nitrogen and oxygen atoms in total. The van der Waals surface area contributed by atoms with Gasteiger partial charge in [0.15, 0.2) is 9.84 Å². The Morgan fingerprint density at radius 2 is 1.74 bits per heavy atom. The molecule has 0 aliphatic heterocycles. The topological polar surface area (TPSA) is 59.9 Å². The molecule has 0 aromatic carbocycles. The van der Waals surface area contributed by atoms with E-state index in [4.69, 9.17) is 0 Å². The SMILES string of the molecule is CC.Cc1ncc(C(F)(F)F)c(-c2scc(S(C)(=O)=O)c2C)n1. The Morgan fingerprint density at radius 3 is 2.17 bits per heavy atom. The number of aryl methyl sites for hydroxylation is 1. The third-order valence-electron chi connectivity index (χ3n) is 2.82. The van der Waals surface area contributed by atoms with Gasteiger partial charge in [0.05, 0.1) is 15.5 Å². The van der Waals surface area contributed by atoms with Crippen molar-refractivity contribution in [2.45, 2.75) is 38.8 Å². The van der Waals surface area contributed by atoms with E-state index >= 15 is 0 Å². The molecule has 0 N–H and O–H groups in total. The lowest BCUT2D eigenvalue weighted by atomic mass is 10.1. The second-order valence-electron chi connectivity index (χ2n) is 4.50. The standard InChI is InChI=1S/C12H11F3N2O2S2.C2H6/c1-6-9(21(3,18)19)5-20-11(6)10-8(12(13,14)15)4-16-7(2)17-10;1-2/h4-5H,1-3H3;1-2H3. The fourth-order valence-electron chi connectivity index (χ4n) is 1.85. The maximum atomic E-state index is 13.0. The van der Waals surface area contributed by atoms with E-state index in [-0.39, 0.29) is 26.9 Å². The Bertz CT molecular complexity index is 797. The highest BCUT2D eigenvalue weighted by Gasteiger charge is 2.36. The van der Waals surface area contributed by atoms with Gasteiger partial charge in [-0.3, -0.25) is 0 Å². The largest absolute Gasteiger partial charge is 0.420 e. The van der Waals surface area contributed by atoms with Crippen LogP contribution in [0.5, 0.6) is 0 Å². The first-order chi connectivity index (χ1) is 10.5. The van der Waals surface area contributed by atoms with Crippen molar-refractivity contribution in [2.75, 3.05) is 6.26 Å². The van der Waals surface area contributed by atoms with Gasteiger partial charge in [-0.2, -0.15) is 13.2 Å². The average molecular weight is 366 g/mol.